The van der Waals surface area contributed by atoms with Crippen molar-refractivity contribution in [2.75, 3.05) is 40.9 Å². The van der Waals surface area contributed by atoms with Crippen LogP contribution in [0.25, 0.3) is 0 Å². The Labute approximate surface area is 493 Å². The van der Waals surface area contributed by atoms with Crippen LogP contribution in [0.15, 0.2) is 122 Å². The number of carbonyl (C=O) groups is 2. The molecule has 0 heterocycles. The van der Waals surface area contributed by atoms with E-state index in [4.69, 9.17) is 13.8 Å². The second-order valence-electron chi connectivity index (χ2n) is 22.5. The van der Waals surface area contributed by atoms with E-state index < -0.39 is 20.0 Å². The second kappa shape index (κ2) is 58.6. The van der Waals surface area contributed by atoms with Gasteiger partial charge in [0.25, 0.3) is 0 Å². The highest BCUT2D eigenvalue weighted by molar-refractivity contribution is 7.47. The van der Waals surface area contributed by atoms with Crippen LogP contribution in [0.1, 0.15) is 258 Å². The standard InChI is InChI=1S/C70H121N2O7P/c1-7-10-13-16-19-22-25-28-30-32-34-35-36-37-39-40-42-44-47-50-53-56-59-62-69(73)71-67(66-78-80(75,76)77-65-64-72(4,5)6)68(61-58-55-52-49-46-27-24-21-18-15-12-9-3)79-70(74)63-60-57-54-51-48-45-43-41-38-33-31-29-26-23-20-17-14-11-8-2/h10,13,19-20,22-23,28-31,34-35,37-39,41-42,44,58,61,67-68H,7-9,11-12,14-18,21,24-27,32-33,36,40,43,45-57,59-60,62-66H2,1-6H3,(H-,71,73,75,76)/p+1/b13-10-,22-19-,23-20-,30-28-,31-29-,35-34-,39-37-,41-38-,44-42-,61-58-. The van der Waals surface area contributed by atoms with Crippen LogP contribution in [0.3, 0.4) is 0 Å². The van der Waals surface area contributed by atoms with Gasteiger partial charge in [-0.1, -0.05) is 245 Å². The van der Waals surface area contributed by atoms with Crippen LogP contribution in [0.5, 0.6) is 0 Å². The highest BCUT2D eigenvalue weighted by Gasteiger charge is 2.30. The van der Waals surface area contributed by atoms with Crippen molar-refractivity contribution >= 4 is 19.7 Å². The van der Waals surface area contributed by atoms with E-state index in [0.29, 0.717) is 30.3 Å². The third kappa shape index (κ3) is 59.0. The van der Waals surface area contributed by atoms with Crippen molar-refractivity contribution in [2.24, 2.45) is 0 Å². The number of nitrogens with zero attached hydrogens (tertiary/aromatic N) is 1. The van der Waals surface area contributed by atoms with Crippen molar-refractivity contribution in [3.05, 3.63) is 122 Å². The van der Waals surface area contributed by atoms with E-state index >= 15 is 0 Å². The van der Waals surface area contributed by atoms with Crippen molar-refractivity contribution < 1.29 is 37.3 Å². The lowest BCUT2D eigenvalue weighted by Gasteiger charge is -2.27. The minimum atomic E-state index is -4.47. The summed E-state index contributed by atoms with van der Waals surface area (Å²) in [6.45, 7) is 6.83. The van der Waals surface area contributed by atoms with Crippen molar-refractivity contribution in [3.63, 3.8) is 0 Å². The first-order chi connectivity index (χ1) is 38.9. The van der Waals surface area contributed by atoms with Crippen molar-refractivity contribution in [2.45, 2.75) is 270 Å². The summed E-state index contributed by atoms with van der Waals surface area (Å²) in [5, 5.41) is 3.04. The summed E-state index contributed by atoms with van der Waals surface area (Å²) in [4.78, 5) is 37.8. The lowest BCUT2D eigenvalue weighted by Crippen LogP contribution is -2.47. The lowest BCUT2D eigenvalue weighted by molar-refractivity contribution is -0.870. The monoisotopic (exact) mass is 1130 g/mol. The molecule has 0 rings (SSSR count). The zero-order valence-electron chi connectivity index (χ0n) is 52.3. The number of esters is 1. The molecule has 0 aromatic rings. The molecule has 0 spiro atoms. The van der Waals surface area contributed by atoms with Crippen molar-refractivity contribution in [1.82, 2.24) is 5.32 Å². The van der Waals surface area contributed by atoms with Gasteiger partial charge < -0.3 is 19.4 Å². The summed E-state index contributed by atoms with van der Waals surface area (Å²) in [5.41, 5.74) is 0. The highest BCUT2D eigenvalue weighted by atomic mass is 31.2. The number of quaternary nitrogens is 1. The first-order valence-electron chi connectivity index (χ1n) is 32.4. The Morgan fingerprint density at radius 2 is 0.800 bits per heavy atom. The molecule has 80 heavy (non-hydrogen) atoms. The van der Waals surface area contributed by atoms with Gasteiger partial charge in [0.05, 0.1) is 33.8 Å². The Morgan fingerprint density at radius 1 is 0.450 bits per heavy atom. The number of likely N-dealkylation sites (N-methyl/N-ethyl adjacent to an activating group) is 1. The van der Waals surface area contributed by atoms with Crippen LogP contribution >= 0.6 is 7.82 Å². The van der Waals surface area contributed by atoms with Crippen LogP contribution in [0, 0.1) is 0 Å². The van der Waals surface area contributed by atoms with Crippen LogP contribution in [-0.4, -0.2) is 74.3 Å². The molecule has 0 fully saturated rings. The molecule has 0 bridgehead atoms. The van der Waals surface area contributed by atoms with Gasteiger partial charge in [0.15, 0.2) is 0 Å². The van der Waals surface area contributed by atoms with Crippen LogP contribution < -0.4 is 5.32 Å². The smallest absolute Gasteiger partial charge is 0.456 e. The van der Waals surface area contributed by atoms with Gasteiger partial charge in [0.1, 0.15) is 19.3 Å². The van der Waals surface area contributed by atoms with Gasteiger partial charge in [-0.05, 0) is 122 Å². The summed E-state index contributed by atoms with van der Waals surface area (Å²) < 4.78 is 30.7. The number of allylic oxidation sites excluding steroid dienone is 19. The number of phosphoric acid groups is 1. The summed E-state index contributed by atoms with van der Waals surface area (Å²) in [6, 6.07) is -0.877. The predicted octanol–water partition coefficient (Wildman–Crippen LogP) is 20.3. The summed E-state index contributed by atoms with van der Waals surface area (Å²) in [5.74, 6) is -0.555. The fourth-order valence-corrected chi connectivity index (χ4v) is 9.39. The number of ether oxygens (including phenoxy) is 1. The molecule has 0 aromatic carbocycles. The van der Waals surface area contributed by atoms with E-state index in [1.807, 2.05) is 33.3 Å². The SMILES string of the molecule is CC/C=C\C/C=C\C/C=C\C/C=C\C/C=C\C/C=C\CCCCCCC(=O)NC(COP(=O)(O)OCC[N+](C)(C)C)C(/C=C\CCCCCCCCCCCC)OC(=O)CCCCCCCC/C=C\C/C=C\C/C=C\CCCCC. The number of hydrogen-bond donors (Lipinski definition) is 2. The van der Waals surface area contributed by atoms with Gasteiger partial charge in [-0.15, -0.1) is 0 Å². The summed E-state index contributed by atoms with van der Waals surface area (Å²) >= 11 is 0. The number of nitrogens with one attached hydrogen (secondary N) is 1. The molecule has 0 aliphatic heterocycles. The first-order valence-corrected chi connectivity index (χ1v) is 33.9. The van der Waals surface area contributed by atoms with Gasteiger partial charge in [-0.3, -0.25) is 18.6 Å². The molecule has 10 heteroatoms. The van der Waals surface area contributed by atoms with E-state index in [0.717, 1.165) is 128 Å². The number of unbranched alkanes of at least 4 members (excludes halogenated alkanes) is 23. The van der Waals surface area contributed by atoms with Gasteiger partial charge in [0, 0.05) is 12.8 Å². The van der Waals surface area contributed by atoms with Gasteiger partial charge >= 0.3 is 13.8 Å². The molecule has 0 aliphatic carbocycles. The maximum absolute atomic E-state index is 13.6. The Morgan fingerprint density at radius 3 is 1.23 bits per heavy atom. The van der Waals surface area contributed by atoms with E-state index in [2.05, 4.69) is 135 Å². The normalized spacial score (nSPS) is 14.4. The molecule has 0 aromatic heterocycles. The molecule has 3 atom stereocenters. The minimum Gasteiger partial charge on any atom is -0.456 e. The molecular weight excluding hydrogens is 1010 g/mol. The molecule has 0 saturated heterocycles. The molecule has 2 N–H and O–H groups in total. The van der Waals surface area contributed by atoms with Gasteiger partial charge in [0.2, 0.25) is 5.91 Å². The largest absolute Gasteiger partial charge is 0.472 e. The van der Waals surface area contributed by atoms with Gasteiger partial charge in [-0.25, -0.2) is 4.57 Å². The van der Waals surface area contributed by atoms with Crippen molar-refractivity contribution in [3.8, 4) is 0 Å². The van der Waals surface area contributed by atoms with Crippen LogP contribution in [0.2, 0.25) is 0 Å². The molecule has 458 valence electrons. The second-order valence-corrected chi connectivity index (χ2v) is 24.0. The zero-order valence-corrected chi connectivity index (χ0v) is 53.2. The number of amides is 1. The fourth-order valence-electron chi connectivity index (χ4n) is 8.66. The Balaban J connectivity index is 5.30. The van der Waals surface area contributed by atoms with Crippen LogP contribution in [0.4, 0.5) is 0 Å². The molecule has 1 amide bonds. The van der Waals surface area contributed by atoms with E-state index in [-0.39, 0.29) is 31.5 Å². The molecule has 0 radical (unpaired) electrons. The van der Waals surface area contributed by atoms with Crippen molar-refractivity contribution in [1.29, 1.82) is 0 Å². The minimum absolute atomic E-state index is 0.0260. The summed E-state index contributed by atoms with van der Waals surface area (Å²) in [7, 11) is 1.45. The predicted molar refractivity (Wildman–Crippen MR) is 346 cm³/mol. The van der Waals surface area contributed by atoms with Crippen LogP contribution in [-0.2, 0) is 27.9 Å². The highest BCUT2D eigenvalue weighted by Crippen LogP contribution is 2.43. The Kier molecular flexibility index (Phi) is 56.0. The van der Waals surface area contributed by atoms with E-state index in [9.17, 15) is 19.0 Å². The molecule has 3 unspecified atom stereocenters. The molecule has 0 saturated carbocycles. The number of hydrogen-bond acceptors (Lipinski definition) is 6. The fraction of sp³-hybridized carbons (Fsp3) is 0.686. The molecule has 0 aliphatic rings. The third-order valence-corrected chi connectivity index (χ3v) is 14.6. The number of carbonyl (C=O) groups excluding carboxylic acids is 2. The average Bonchev–Trinajstić information content (AvgIpc) is 3.42. The summed E-state index contributed by atoms with van der Waals surface area (Å²) in [6.07, 6.45) is 81.9. The zero-order chi connectivity index (χ0) is 58.6. The number of phosphoric ester groups is 1. The molecular formula is C70H122N2O7P+. The molecule has 9 nitrogen and oxygen atoms in total. The quantitative estimate of drug-likeness (QED) is 0.0205. The lowest BCUT2D eigenvalue weighted by atomic mass is 10.0. The maximum Gasteiger partial charge on any atom is 0.472 e. The maximum atomic E-state index is 13.6. The third-order valence-electron chi connectivity index (χ3n) is 13.6. The van der Waals surface area contributed by atoms with E-state index in [1.165, 1.54) is 83.5 Å². The van der Waals surface area contributed by atoms with Gasteiger partial charge in [-0.2, -0.15) is 0 Å². The number of rotatable bonds is 57. The Bertz CT molecular complexity index is 1780. The average molecular weight is 1130 g/mol. The first kappa shape index (κ1) is 76.4. The topological polar surface area (TPSA) is 111 Å². The Hall–Kier alpha value is -3.59. The van der Waals surface area contributed by atoms with E-state index in [1.54, 1.807) is 0 Å².